The molecule has 2 bridgehead atoms. The zero-order valence-corrected chi connectivity index (χ0v) is 17.5. The number of benzene rings is 1. The molecule has 2 aromatic rings. The predicted octanol–water partition coefficient (Wildman–Crippen LogP) is 2.74. The Balaban J connectivity index is 1.72. The van der Waals surface area contributed by atoms with E-state index in [2.05, 4.69) is 30.5 Å². The van der Waals surface area contributed by atoms with Gasteiger partial charge in [0.2, 0.25) is 5.91 Å². The van der Waals surface area contributed by atoms with Crippen LogP contribution in [0.1, 0.15) is 18.0 Å². The smallest absolute Gasteiger partial charge is 0.250 e. The van der Waals surface area contributed by atoms with Crippen molar-refractivity contribution in [1.82, 2.24) is 14.4 Å². The number of pyridine rings is 1. The maximum absolute atomic E-state index is 12.7. The van der Waals surface area contributed by atoms with E-state index in [1.54, 1.807) is 17.8 Å². The molecular formula is C22H27N3O2S. The number of thioether (sulfide) groups is 1. The number of likely N-dealkylation sites (tertiary alicyclic amines) is 1. The van der Waals surface area contributed by atoms with E-state index in [9.17, 15) is 9.59 Å². The summed E-state index contributed by atoms with van der Waals surface area (Å²) in [4.78, 5) is 30.4. The van der Waals surface area contributed by atoms with Crippen LogP contribution in [-0.4, -0.2) is 60.3 Å². The Kier molecular flexibility index (Phi) is 5.34. The van der Waals surface area contributed by atoms with Gasteiger partial charge in [-0.25, -0.2) is 0 Å². The van der Waals surface area contributed by atoms with E-state index in [-0.39, 0.29) is 17.4 Å². The molecule has 2 aliphatic rings. The van der Waals surface area contributed by atoms with E-state index in [1.807, 2.05) is 34.5 Å². The number of nitrogens with zero attached hydrogens (tertiary/aromatic N) is 3. The van der Waals surface area contributed by atoms with E-state index in [4.69, 9.17) is 0 Å². The maximum atomic E-state index is 12.7. The minimum atomic E-state index is 0.0715. The molecule has 0 N–H and O–H groups in total. The Morgan fingerprint density at radius 2 is 1.86 bits per heavy atom. The average molecular weight is 398 g/mol. The van der Waals surface area contributed by atoms with Gasteiger partial charge in [-0.05, 0) is 56.5 Å². The highest BCUT2D eigenvalue weighted by Crippen LogP contribution is 2.40. The second kappa shape index (κ2) is 7.76. The molecule has 1 saturated heterocycles. The standard InChI is InChI=1S/C22H27N3O2S/c1-23(2)14-21(27)24-11-15-10-17(13-24)22-19(8-9-20(26)25(22)12-15)16-4-6-18(28-3)7-5-16/h4-9,15,17H,10-14H2,1-3H3/t15-,17+/m0/s1. The van der Waals surface area contributed by atoms with Gasteiger partial charge < -0.3 is 14.4 Å². The van der Waals surface area contributed by atoms with E-state index in [0.29, 0.717) is 25.6 Å². The molecule has 1 amide bonds. The van der Waals surface area contributed by atoms with Gasteiger partial charge in [0.15, 0.2) is 0 Å². The summed E-state index contributed by atoms with van der Waals surface area (Å²) in [7, 11) is 3.85. The number of carbonyl (C=O) groups excluding carboxylic acids is 1. The average Bonchev–Trinajstić information content (AvgIpc) is 2.68. The third-order valence-corrected chi connectivity index (χ3v) is 6.54. The van der Waals surface area contributed by atoms with Crippen molar-refractivity contribution in [2.24, 2.45) is 5.92 Å². The molecule has 1 aromatic carbocycles. The highest BCUT2D eigenvalue weighted by Gasteiger charge is 2.37. The minimum Gasteiger partial charge on any atom is -0.341 e. The lowest BCUT2D eigenvalue weighted by atomic mass is 9.80. The van der Waals surface area contributed by atoms with E-state index >= 15 is 0 Å². The SMILES string of the molecule is CSc1ccc(-c2ccc(=O)n3c2[C@@H]2C[C@@H](CN(C(=O)CN(C)C)C2)C3)cc1. The molecule has 4 rings (SSSR count). The largest absolute Gasteiger partial charge is 0.341 e. The minimum absolute atomic E-state index is 0.0715. The summed E-state index contributed by atoms with van der Waals surface area (Å²) < 4.78 is 1.96. The molecule has 2 atom stereocenters. The van der Waals surface area contributed by atoms with Crippen LogP contribution in [0.2, 0.25) is 0 Å². The van der Waals surface area contributed by atoms with Gasteiger partial charge in [0.25, 0.3) is 5.56 Å². The molecule has 1 aromatic heterocycles. The maximum Gasteiger partial charge on any atom is 0.250 e. The van der Waals surface area contributed by atoms with Gasteiger partial charge in [-0.3, -0.25) is 9.59 Å². The van der Waals surface area contributed by atoms with E-state index < -0.39 is 0 Å². The summed E-state index contributed by atoms with van der Waals surface area (Å²) in [6.07, 6.45) is 3.12. The number of amides is 1. The second-order valence-electron chi connectivity index (χ2n) is 8.14. The van der Waals surface area contributed by atoms with E-state index in [0.717, 1.165) is 29.8 Å². The first-order valence-electron chi connectivity index (χ1n) is 9.77. The molecule has 148 valence electrons. The molecule has 0 radical (unpaired) electrons. The number of hydrogen-bond acceptors (Lipinski definition) is 4. The van der Waals surface area contributed by atoms with Crippen molar-refractivity contribution < 1.29 is 4.79 Å². The van der Waals surface area contributed by atoms with Crippen molar-refractivity contribution in [1.29, 1.82) is 0 Å². The van der Waals surface area contributed by atoms with Gasteiger partial charge in [-0.1, -0.05) is 12.1 Å². The highest BCUT2D eigenvalue weighted by molar-refractivity contribution is 7.98. The number of piperidine rings is 1. The number of carbonyl (C=O) groups is 1. The molecule has 0 aliphatic carbocycles. The lowest BCUT2D eigenvalue weighted by Crippen LogP contribution is -2.51. The van der Waals surface area contributed by atoms with Crippen LogP contribution in [0, 0.1) is 5.92 Å². The summed E-state index contributed by atoms with van der Waals surface area (Å²) in [5, 5.41) is 0. The van der Waals surface area contributed by atoms with Crippen molar-refractivity contribution in [2.45, 2.75) is 23.8 Å². The van der Waals surface area contributed by atoms with E-state index in [1.165, 1.54) is 4.90 Å². The Labute approximate surface area is 170 Å². The van der Waals surface area contributed by atoms with Gasteiger partial charge >= 0.3 is 0 Å². The molecule has 1 fully saturated rings. The van der Waals surface area contributed by atoms with Crippen LogP contribution in [0.25, 0.3) is 11.1 Å². The van der Waals surface area contributed by atoms with Crippen LogP contribution >= 0.6 is 11.8 Å². The Hall–Kier alpha value is -2.05. The number of aromatic nitrogens is 1. The van der Waals surface area contributed by atoms with Gasteiger partial charge in [0, 0.05) is 47.8 Å². The first-order valence-corrected chi connectivity index (χ1v) is 11.0. The Bertz CT molecular complexity index is 936. The van der Waals surface area contributed by atoms with Gasteiger partial charge in [-0.15, -0.1) is 11.8 Å². The first-order chi connectivity index (χ1) is 13.5. The van der Waals surface area contributed by atoms with Crippen molar-refractivity contribution in [3.8, 4) is 11.1 Å². The number of fused-ring (bicyclic) bond motifs is 4. The molecule has 0 saturated carbocycles. The topological polar surface area (TPSA) is 45.6 Å². The first kappa shape index (κ1) is 19.3. The zero-order chi connectivity index (χ0) is 19.8. The van der Waals surface area contributed by atoms with Crippen LogP contribution in [0.5, 0.6) is 0 Å². The number of likely N-dealkylation sites (N-methyl/N-ethyl adjacent to an activating group) is 1. The molecule has 28 heavy (non-hydrogen) atoms. The molecule has 2 aliphatic heterocycles. The molecular weight excluding hydrogens is 370 g/mol. The van der Waals surface area contributed by atoms with Crippen LogP contribution in [-0.2, 0) is 11.3 Å². The summed E-state index contributed by atoms with van der Waals surface area (Å²) in [6.45, 7) is 2.58. The molecule has 6 heteroatoms. The van der Waals surface area contributed by atoms with Crippen molar-refractivity contribution >= 4 is 17.7 Å². The third kappa shape index (κ3) is 3.63. The quantitative estimate of drug-likeness (QED) is 0.745. The Morgan fingerprint density at radius 3 is 2.54 bits per heavy atom. The van der Waals surface area contributed by atoms with Gasteiger partial charge in [0.1, 0.15) is 0 Å². The van der Waals surface area contributed by atoms with Gasteiger partial charge in [0.05, 0.1) is 6.54 Å². The fraction of sp³-hybridized carbons (Fsp3) is 0.455. The van der Waals surface area contributed by atoms with Crippen LogP contribution in [0.4, 0.5) is 0 Å². The van der Waals surface area contributed by atoms with Crippen LogP contribution in [0.3, 0.4) is 0 Å². The Morgan fingerprint density at radius 1 is 1.11 bits per heavy atom. The number of rotatable bonds is 4. The molecule has 0 unspecified atom stereocenters. The lowest BCUT2D eigenvalue weighted by Gasteiger charge is -2.43. The predicted molar refractivity (Wildman–Crippen MR) is 114 cm³/mol. The fourth-order valence-electron chi connectivity index (χ4n) is 4.60. The van der Waals surface area contributed by atoms with Crippen molar-refractivity contribution in [2.75, 3.05) is 40.0 Å². The zero-order valence-electron chi connectivity index (χ0n) is 16.7. The summed E-state index contributed by atoms with van der Waals surface area (Å²) in [6, 6.07) is 12.2. The third-order valence-electron chi connectivity index (χ3n) is 5.80. The molecule has 3 heterocycles. The van der Waals surface area contributed by atoms with Crippen LogP contribution < -0.4 is 5.56 Å². The normalized spacial score (nSPS) is 20.9. The lowest BCUT2D eigenvalue weighted by molar-refractivity contribution is -0.134. The molecule has 0 spiro atoms. The monoisotopic (exact) mass is 397 g/mol. The summed E-state index contributed by atoms with van der Waals surface area (Å²) in [5.74, 6) is 0.740. The second-order valence-corrected chi connectivity index (χ2v) is 9.02. The highest BCUT2D eigenvalue weighted by atomic mass is 32.2. The molecule has 5 nitrogen and oxygen atoms in total. The number of hydrogen-bond donors (Lipinski definition) is 0. The van der Waals surface area contributed by atoms with Crippen LogP contribution in [0.15, 0.2) is 46.1 Å². The van der Waals surface area contributed by atoms with Crippen molar-refractivity contribution in [3.63, 3.8) is 0 Å². The van der Waals surface area contributed by atoms with Crippen molar-refractivity contribution in [3.05, 3.63) is 52.4 Å². The summed E-state index contributed by atoms with van der Waals surface area (Å²) >= 11 is 1.72. The summed E-state index contributed by atoms with van der Waals surface area (Å²) in [5.41, 5.74) is 3.43. The van der Waals surface area contributed by atoms with Gasteiger partial charge in [-0.2, -0.15) is 0 Å². The fourth-order valence-corrected chi connectivity index (χ4v) is 5.01.